The molecule has 2 rings (SSSR count). The van der Waals surface area contributed by atoms with E-state index in [1.54, 1.807) is 24.3 Å². The molecule has 5 heteroatoms. The van der Waals surface area contributed by atoms with Gasteiger partial charge in [-0.1, -0.05) is 29.8 Å². The summed E-state index contributed by atoms with van der Waals surface area (Å²) in [5, 5.41) is 9.22. The van der Waals surface area contributed by atoms with Gasteiger partial charge in [-0.15, -0.1) is 0 Å². The third kappa shape index (κ3) is 2.02. The monoisotopic (exact) mass is 245 g/mol. The number of carboxylic acid groups (broad SMARTS) is 1. The van der Waals surface area contributed by atoms with Gasteiger partial charge in [-0.25, -0.2) is 4.79 Å². The summed E-state index contributed by atoms with van der Waals surface area (Å²) in [6.45, 7) is 1.87. The van der Waals surface area contributed by atoms with E-state index < -0.39 is 23.8 Å². The van der Waals surface area contributed by atoms with Crippen LogP contribution < -0.4 is 0 Å². The molecule has 0 spiro atoms. The Hall–Kier alpha value is -2.43. The van der Waals surface area contributed by atoms with Crippen LogP contribution in [0.2, 0.25) is 0 Å². The molecular formula is C13H11NO4. The van der Waals surface area contributed by atoms with Gasteiger partial charge in [-0.05, 0) is 12.5 Å². The lowest BCUT2D eigenvalue weighted by atomic mass is 10.0. The predicted molar refractivity (Wildman–Crippen MR) is 62.5 cm³/mol. The van der Waals surface area contributed by atoms with Crippen LogP contribution in [0, 0.1) is 6.92 Å². The molecule has 1 N–H and O–H groups in total. The Labute approximate surface area is 103 Å². The normalized spacial score (nSPS) is 16.2. The third-order valence-electron chi connectivity index (χ3n) is 2.73. The van der Waals surface area contributed by atoms with E-state index >= 15 is 0 Å². The molecule has 18 heavy (non-hydrogen) atoms. The molecule has 0 aromatic heterocycles. The summed E-state index contributed by atoms with van der Waals surface area (Å²) in [5.41, 5.74) is 1.37. The molecule has 1 aliphatic heterocycles. The summed E-state index contributed by atoms with van der Waals surface area (Å²) >= 11 is 0. The summed E-state index contributed by atoms with van der Waals surface area (Å²) in [7, 11) is 0. The summed E-state index contributed by atoms with van der Waals surface area (Å²) in [4.78, 5) is 35.1. The Morgan fingerprint density at radius 3 is 2.06 bits per heavy atom. The first-order chi connectivity index (χ1) is 8.50. The minimum Gasteiger partial charge on any atom is -0.479 e. The van der Waals surface area contributed by atoms with Gasteiger partial charge in [0.25, 0.3) is 11.8 Å². The third-order valence-corrected chi connectivity index (χ3v) is 2.73. The predicted octanol–water partition coefficient (Wildman–Crippen LogP) is 1.05. The molecule has 1 aromatic rings. The van der Waals surface area contributed by atoms with Gasteiger partial charge in [-0.2, -0.15) is 0 Å². The number of benzene rings is 1. The highest BCUT2D eigenvalue weighted by Gasteiger charge is 2.36. The minimum absolute atomic E-state index is 0.401. The second kappa shape index (κ2) is 4.44. The average molecular weight is 245 g/mol. The average Bonchev–Trinajstić information content (AvgIpc) is 2.63. The van der Waals surface area contributed by atoms with Gasteiger partial charge in [0.1, 0.15) is 0 Å². The molecular weight excluding hydrogens is 234 g/mol. The number of amides is 2. The molecule has 1 aliphatic rings. The first kappa shape index (κ1) is 12.0. The van der Waals surface area contributed by atoms with E-state index in [4.69, 9.17) is 0 Å². The van der Waals surface area contributed by atoms with E-state index in [9.17, 15) is 19.5 Å². The number of carboxylic acids is 1. The molecule has 0 saturated carbocycles. The molecule has 0 radical (unpaired) electrons. The van der Waals surface area contributed by atoms with E-state index in [0.29, 0.717) is 5.56 Å². The molecule has 5 nitrogen and oxygen atoms in total. The van der Waals surface area contributed by atoms with Crippen LogP contribution in [-0.2, 0) is 14.4 Å². The van der Waals surface area contributed by atoms with Gasteiger partial charge in [0.2, 0.25) is 0 Å². The number of carbonyl (C=O) groups excluding carboxylic acids is 2. The van der Waals surface area contributed by atoms with Crippen molar-refractivity contribution in [1.82, 2.24) is 4.90 Å². The van der Waals surface area contributed by atoms with Gasteiger partial charge >= 0.3 is 5.97 Å². The van der Waals surface area contributed by atoms with Gasteiger partial charge in [-0.3, -0.25) is 14.5 Å². The van der Waals surface area contributed by atoms with Crippen LogP contribution in [0.3, 0.4) is 0 Å². The second-order valence-corrected chi connectivity index (χ2v) is 4.03. The molecule has 1 atom stereocenters. The molecule has 2 amide bonds. The van der Waals surface area contributed by atoms with Crippen molar-refractivity contribution in [3.05, 3.63) is 47.5 Å². The van der Waals surface area contributed by atoms with Crippen molar-refractivity contribution in [3.63, 3.8) is 0 Å². The van der Waals surface area contributed by atoms with Crippen molar-refractivity contribution in [2.75, 3.05) is 0 Å². The zero-order valence-electron chi connectivity index (χ0n) is 9.66. The van der Waals surface area contributed by atoms with Crippen molar-refractivity contribution in [2.45, 2.75) is 13.0 Å². The van der Waals surface area contributed by atoms with Crippen LogP contribution >= 0.6 is 0 Å². The van der Waals surface area contributed by atoms with E-state index in [2.05, 4.69) is 0 Å². The fraction of sp³-hybridized carbons (Fsp3) is 0.154. The van der Waals surface area contributed by atoms with Crippen LogP contribution in [0.5, 0.6) is 0 Å². The fourth-order valence-electron chi connectivity index (χ4n) is 1.82. The number of carbonyl (C=O) groups is 3. The van der Waals surface area contributed by atoms with Crippen molar-refractivity contribution >= 4 is 17.8 Å². The smallest absolute Gasteiger partial charge is 0.331 e. The number of imide groups is 1. The Balaban J connectivity index is 2.41. The van der Waals surface area contributed by atoms with Crippen LogP contribution in [0.4, 0.5) is 0 Å². The number of rotatable bonds is 3. The van der Waals surface area contributed by atoms with E-state index in [0.717, 1.165) is 22.6 Å². The molecule has 1 unspecified atom stereocenters. The lowest BCUT2D eigenvalue weighted by Gasteiger charge is -2.22. The number of hydrogen-bond donors (Lipinski definition) is 1. The molecule has 0 saturated heterocycles. The Kier molecular flexibility index (Phi) is 2.97. The number of aliphatic carboxylic acids is 1. The van der Waals surface area contributed by atoms with E-state index in [1.165, 1.54) is 0 Å². The molecule has 0 bridgehead atoms. The molecule has 1 heterocycles. The van der Waals surface area contributed by atoms with E-state index in [1.807, 2.05) is 6.92 Å². The van der Waals surface area contributed by atoms with Crippen LogP contribution in [0.25, 0.3) is 0 Å². The summed E-state index contributed by atoms with van der Waals surface area (Å²) < 4.78 is 0. The van der Waals surface area contributed by atoms with Crippen molar-refractivity contribution in [2.24, 2.45) is 0 Å². The van der Waals surface area contributed by atoms with Crippen molar-refractivity contribution in [1.29, 1.82) is 0 Å². The zero-order chi connectivity index (χ0) is 13.3. The lowest BCUT2D eigenvalue weighted by molar-refractivity contribution is -0.153. The van der Waals surface area contributed by atoms with Crippen LogP contribution in [-0.4, -0.2) is 27.8 Å². The molecule has 0 aliphatic carbocycles. The Morgan fingerprint density at radius 2 is 1.61 bits per heavy atom. The maximum absolute atomic E-state index is 11.5. The Morgan fingerprint density at radius 1 is 1.11 bits per heavy atom. The highest BCUT2D eigenvalue weighted by atomic mass is 16.4. The van der Waals surface area contributed by atoms with Crippen molar-refractivity contribution in [3.8, 4) is 0 Å². The standard InChI is InChI=1S/C13H11NO4/c1-8-2-4-9(5-3-8)12(13(17)18)14-10(15)6-7-11(14)16/h2-7,12H,1H3,(H,17,18). The summed E-state index contributed by atoms with van der Waals surface area (Å²) in [5.74, 6) is -2.44. The highest BCUT2D eigenvalue weighted by molar-refractivity contribution is 6.14. The SMILES string of the molecule is Cc1ccc(C(C(=O)O)N2C(=O)C=CC2=O)cc1. The topological polar surface area (TPSA) is 74.7 Å². The van der Waals surface area contributed by atoms with E-state index in [-0.39, 0.29) is 0 Å². The maximum atomic E-state index is 11.5. The number of hydrogen-bond acceptors (Lipinski definition) is 3. The Bertz CT molecular complexity index is 527. The number of aryl methyl sites for hydroxylation is 1. The first-order valence-corrected chi connectivity index (χ1v) is 5.35. The fourth-order valence-corrected chi connectivity index (χ4v) is 1.82. The van der Waals surface area contributed by atoms with Gasteiger partial charge < -0.3 is 5.11 Å². The van der Waals surface area contributed by atoms with Gasteiger partial charge in [0.15, 0.2) is 6.04 Å². The zero-order valence-corrected chi connectivity index (χ0v) is 9.66. The lowest BCUT2D eigenvalue weighted by Crippen LogP contribution is -2.38. The first-order valence-electron chi connectivity index (χ1n) is 5.35. The number of nitrogens with zero attached hydrogens (tertiary/aromatic N) is 1. The maximum Gasteiger partial charge on any atom is 0.331 e. The summed E-state index contributed by atoms with van der Waals surface area (Å²) in [6.07, 6.45) is 2.15. The highest BCUT2D eigenvalue weighted by Crippen LogP contribution is 2.24. The largest absolute Gasteiger partial charge is 0.479 e. The molecule has 1 aromatic carbocycles. The second-order valence-electron chi connectivity index (χ2n) is 4.03. The molecule has 0 fully saturated rings. The van der Waals surface area contributed by atoms with Gasteiger partial charge in [0, 0.05) is 12.2 Å². The van der Waals surface area contributed by atoms with Crippen LogP contribution in [0.15, 0.2) is 36.4 Å². The van der Waals surface area contributed by atoms with Crippen molar-refractivity contribution < 1.29 is 19.5 Å². The minimum atomic E-state index is -1.28. The van der Waals surface area contributed by atoms with Gasteiger partial charge in [0.05, 0.1) is 0 Å². The summed E-state index contributed by atoms with van der Waals surface area (Å²) in [6, 6.07) is 5.41. The molecule has 92 valence electrons. The van der Waals surface area contributed by atoms with Crippen LogP contribution in [0.1, 0.15) is 17.2 Å². The quantitative estimate of drug-likeness (QED) is 0.807.